The van der Waals surface area contributed by atoms with E-state index in [1.54, 1.807) is 12.3 Å². The summed E-state index contributed by atoms with van der Waals surface area (Å²) < 4.78 is 6.86. The minimum absolute atomic E-state index is 0.453. The molecule has 2 aromatic carbocycles. The van der Waals surface area contributed by atoms with Crippen molar-refractivity contribution < 1.29 is 4.74 Å². The van der Waals surface area contributed by atoms with Gasteiger partial charge in [-0.1, -0.05) is 46.3 Å². The van der Waals surface area contributed by atoms with Crippen LogP contribution in [-0.2, 0) is 6.61 Å². The average Bonchev–Trinajstić information content (AvgIpc) is 2.60. The molecule has 2 N–H and O–H groups in total. The highest BCUT2D eigenvalue weighted by molar-refractivity contribution is 9.10. The minimum Gasteiger partial charge on any atom is -0.489 e. The number of rotatable bonds is 7. The summed E-state index contributed by atoms with van der Waals surface area (Å²) in [5, 5.41) is 7.48. The lowest BCUT2D eigenvalue weighted by molar-refractivity contribution is 0.306. The molecular weight excluding hydrogens is 386 g/mol. The van der Waals surface area contributed by atoms with E-state index in [-0.39, 0.29) is 0 Å². The Bertz CT molecular complexity index is 716. The quantitative estimate of drug-likeness (QED) is 0.317. The maximum absolute atomic E-state index is 5.81. The zero-order valence-corrected chi connectivity index (χ0v) is 15.4. The molecule has 0 bridgehead atoms. The van der Waals surface area contributed by atoms with Gasteiger partial charge in [0.2, 0.25) is 0 Å². The van der Waals surface area contributed by atoms with Crippen LogP contribution in [-0.4, -0.2) is 17.9 Å². The van der Waals surface area contributed by atoms with Crippen LogP contribution in [0.3, 0.4) is 0 Å². The molecule has 0 aliphatic heterocycles. The molecule has 4 nitrogen and oxygen atoms in total. The van der Waals surface area contributed by atoms with E-state index in [1.807, 2.05) is 48.5 Å². The Labute approximate surface area is 155 Å². The lowest BCUT2D eigenvalue weighted by Gasteiger charge is -2.07. The monoisotopic (exact) mass is 403 g/mol. The third-order valence-electron chi connectivity index (χ3n) is 2.96. The number of hydrogen-bond donors (Lipinski definition) is 2. The fourth-order valence-corrected chi connectivity index (χ4v) is 2.20. The molecule has 24 heavy (non-hydrogen) atoms. The molecule has 124 valence electrons. The van der Waals surface area contributed by atoms with Crippen LogP contribution in [0.4, 0.5) is 0 Å². The lowest BCUT2D eigenvalue weighted by Crippen LogP contribution is -2.31. The first-order chi connectivity index (χ1) is 11.7. The van der Waals surface area contributed by atoms with Crippen LogP contribution in [0, 0.1) is 0 Å². The van der Waals surface area contributed by atoms with E-state index in [0.717, 1.165) is 21.3 Å². The number of halogens is 1. The number of thiocarbonyl (C=S) groups is 1. The van der Waals surface area contributed by atoms with Gasteiger partial charge in [-0.25, -0.2) is 0 Å². The largest absolute Gasteiger partial charge is 0.489 e. The summed E-state index contributed by atoms with van der Waals surface area (Å²) in [7, 11) is 0. The van der Waals surface area contributed by atoms with E-state index >= 15 is 0 Å². The number of hydrazone groups is 1. The van der Waals surface area contributed by atoms with E-state index < -0.39 is 0 Å². The molecule has 2 rings (SSSR count). The van der Waals surface area contributed by atoms with Crippen molar-refractivity contribution in [1.82, 2.24) is 10.7 Å². The smallest absolute Gasteiger partial charge is 0.187 e. The fraction of sp³-hybridized carbons (Fsp3) is 0.111. The fourth-order valence-electron chi connectivity index (χ4n) is 1.80. The van der Waals surface area contributed by atoms with Crippen LogP contribution in [0.15, 0.2) is 70.8 Å². The summed E-state index contributed by atoms with van der Waals surface area (Å²) in [5.74, 6) is 0.786. The Kier molecular flexibility index (Phi) is 7.45. The maximum atomic E-state index is 5.81. The van der Waals surface area contributed by atoms with Gasteiger partial charge in [-0.15, -0.1) is 6.58 Å². The Hall–Kier alpha value is -2.18. The van der Waals surface area contributed by atoms with E-state index in [1.165, 1.54) is 0 Å². The first-order valence-corrected chi connectivity index (χ1v) is 8.52. The van der Waals surface area contributed by atoms with Crippen molar-refractivity contribution in [2.24, 2.45) is 5.10 Å². The number of nitrogens with one attached hydrogen (secondary N) is 2. The Morgan fingerprint density at radius 3 is 2.79 bits per heavy atom. The first kappa shape index (κ1) is 18.2. The van der Waals surface area contributed by atoms with E-state index in [2.05, 4.69) is 38.4 Å². The average molecular weight is 404 g/mol. The molecule has 0 heterocycles. The second kappa shape index (κ2) is 9.85. The molecule has 0 fully saturated rings. The van der Waals surface area contributed by atoms with Crippen LogP contribution >= 0.6 is 28.1 Å². The summed E-state index contributed by atoms with van der Waals surface area (Å²) in [6, 6.07) is 15.7. The van der Waals surface area contributed by atoms with Gasteiger partial charge >= 0.3 is 0 Å². The van der Waals surface area contributed by atoms with Crippen molar-refractivity contribution in [3.63, 3.8) is 0 Å². The Morgan fingerprint density at radius 1 is 1.25 bits per heavy atom. The van der Waals surface area contributed by atoms with Crippen molar-refractivity contribution >= 4 is 39.5 Å². The zero-order chi connectivity index (χ0) is 17.2. The molecule has 6 heteroatoms. The predicted octanol–water partition coefficient (Wildman–Crippen LogP) is 4.01. The van der Waals surface area contributed by atoms with Crippen LogP contribution in [0.5, 0.6) is 5.75 Å². The van der Waals surface area contributed by atoms with Gasteiger partial charge < -0.3 is 10.1 Å². The number of hydrogen-bond acceptors (Lipinski definition) is 3. The number of ether oxygens (including phenoxy) is 1. The van der Waals surface area contributed by atoms with Gasteiger partial charge in [0.05, 0.1) is 6.21 Å². The van der Waals surface area contributed by atoms with Crippen LogP contribution in [0.1, 0.15) is 11.1 Å². The van der Waals surface area contributed by atoms with Crippen LogP contribution in [0.2, 0.25) is 0 Å². The molecule has 0 spiro atoms. The van der Waals surface area contributed by atoms with Crippen molar-refractivity contribution in [1.29, 1.82) is 0 Å². The molecule has 0 unspecified atom stereocenters. The highest BCUT2D eigenvalue weighted by atomic mass is 79.9. The third kappa shape index (κ3) is 6.52. The molecule has 2 aromatic rings. The molecule has 0 atom stereocenters. The zero-order valence-electron chi connectivity index (χ0n) is 13.0. The predicted molar refractivity (Wildman–Crippen MR) is 106 cm³/mol. The SMILES string of the molecule is C=CCNC(=S)NN=Cc1cccc(OCc2ccc(Br)cc2)c1. The molecule has 0 aromatic heterocycles. The van der Waals surface area contributed by atoms with Crippen LogP contribution < -0.4 is 15.5 Å². The van der Waals surface area contributed by atoms with Crippen molar-refractivity contribution in [3.8, 4) is 5.75 Å². The molecule has 0 radical (unpaired) electrons. The van der Waals surface area contributed by atoms with Gasteiger partial charge in [-0.2, -0.15) is 5.10 Å². The molecule has 0 aliphatic carbocycles. The van der Waals surface area contributed by atoms with Gasteiger partial charge in [0.15, 0.2) is 5.11 Å². The summed E-state index contributed by atoms with van der Waals surface area (Å²) in [4.78, 5) is 0. The summed E-state index contributed by atoms with van der Waals surface area (Å²) in [5.41, 5.74) is 4.77. The second-order valence-electron chi connectivity index (χ2n) is 4.86. The maximum Gasteiger partial charge on any atom is 0.187 e. The molecule has 0 saturated carbocycles. The Balaban J connectivity index is 1.87. The van der Waals surface area contributed by atoms with Crippen molar-refractivity contribution in [2.45, 2.75) is 6.61 Å². The Morgan fingerprint density at radius 2 is 2.04 bits per heavy atom. The first-order valence-electron chi connectivity index (χ1n) is 7.32. The molecule has 0 saturated heterocycles. The van der Waals surface area contributed by atoms with E-state index in [9.17, 15) is 0 Å². The highest BCUT2D eigenvalue weighted by Crippen LogP contribution is 2.16. The van der Waals surface area contributed by atoms with Crippen LogP contribution in [0.25, 0.3) is 0 Å². The number of benzene rings is 2. The van der Waals surface area contributed by atoms with Gasteiger partial charge in [0.25, 0.3) is 0 Å². The molecule has 0 amide bonds. The van der Waals surface area contributed by atoms with Crippen molar-refractivity contribution in [3.05, 3.63) is 76.8 Å². The minimum atomic E-state index is 0.453. The summed E-state index contributed by atoms with van der Waals surface area (Å²) in [6.45, 7) is 4.72. The van der Waals surface area contributed by atoms with E-state index in [4.69, 9.17) is 17.0 Å². The number of nitrogens with zero attached hydrogens (tertiary/aromatic N) is 1. The third-order valence-corrected chi connectivity index (χ3v) is 3.73. The van der Waals surface area contributed by atoms with E-state index in [0.29, 0.717) is 18.3 Å². The second-order valence-corrected chi connectivity index (χ2v) is 6.18. The van der Waals surface area contributed by atoms with Crippen molar-refractivity contribution in [2.75, 3.05) is 6.54 Å². The molecule has 0 aliphatic rings. The normalized spacial score (nSPS) is 10.4. The lowest BCUT2D eigenvalue weighted by atomic mass is 10.2. The van der Waals surface area contributed by atoms with Gasteiger partial charge in [0, 0.05) is 11.0 Å². The summed E-state index contributed by atoms with van der Waals surface area (Å²) in [6.07, 6.45) is 3.41. The van der Waals surface area contributed by atoms with Gasteiger partial charge in [0.1, 0.15) is 12.4 Å². The van der Waals surface area contributed by atoms with Gasteiger partial charge in [-0.3, -0.25) is 5.43 Å². The van der Waals surface area contributed by atoms with Gasteiger partial charge in [-0.05, 0) is 47.6 Å². The highest BCUT2D eigenvalue weighted by Gasteiger charge is 1.98. The molecular formula is C18H18BrN3OS. The topological polar surface area (TPSA) is 45.7 Å². The standard InChI is InChI=1S/C18H18BrN3OS/c1-2-10-20-18(24)22-21-12-15-4-3-5-17(11-15)23-13-14-6-8-16(19)9-7-14/h2-9,11-12H,1,10,13H2,(H2,20,22,24). The summed E-state index contributed by atoms with van der Waals surface area (Å²) >= 11 is 8.47.